The van der Waals surface area contributed by atoms with Gasteiger partial charge in [-0.05, 0) is 56.4 Å². The molecule has 0 spiro atoms. The van der Waals surface area contributed by atoms with Crippen LogP contribution in [0.15, 0.2) is 68.5 Å². The Hall–Kier alpha value is -2.80. The van der Waals surface area contributed by atoms with E-state index in [1.165, 1.54) is 18.2 Å². The Bertz CT molecular complexity index is 994. The van der Waals surface area contributed by atoms with Gasteiger partial charge in [-0.25, -0.2) is 0 Å². The molecular formula is C22H23N3O3S. The minimum absolute atomic E-state index is 0.00944. The van der Waals surface area contributed by atoms with Crippen molar-refractivity contribution >= 4 is 17.7 Å². The van der Waals surface area contributed by atoms with E-state index in [1.54, 1.807) is 6.26 Å². The van der Waals surface area contributed by atoms with Gasteiger partial charge in [-0.3, -0.25) is 4.79 Å². The van der Waals surface area contributed by atoms with E-state index < -0.39 is 0 Å². The van der Waals surface area contributed by atoms with E-state index in [0.29, 0.717) is 17.7 Å². The lowest BCUT2D eigenvalue weighted by molar-refractivity contribution is -0.127. The zero-order valence-corrected chi connectivity index (χ0v) is 17.2. The molecule has 1 amide bonds. The molecule has 2 aromatic heterocycles. The molecule has 0 unspecified atom stereocenters. The molecule has 150 valence electrons. The number of hydrogen-bond acceptors (Lipinski definition) is 6. The molecular weight excluding hydrogens is 386 g/mol. The second-order valence-corrected chi connectivity index (χ2v) is 7.90. The molecule has 0 N–H and O–H groups in total. The Balaban J connectivity index is 1.44. The molecule has 0 saturated carbocycles. The lowest BCUT2D eigenvalue weighted by Gasteiger charge is -2.26. The minimum atomic E-state index is 0.00944. The fraction of sp³-hybridized carbons (Fsp3) is 0.318. The van der Waals surface area contributed by atoms with Crippen LogP contribution in [0.1, 0.15) is 37.0 Å². The monoisotopic (exact) mass is 409 g/mol. The van der Waals surface area contributed by atoms with E-state index in [1.807, 2.05) is 48.2 Å². The molecule has 4 rings (SSSR count). The van der Waals surface area contributed by atoms with Gasteiger partial charge in [0.2, 0.25) is 11.8 Å². The SMILES string of the molecule is Cc1ccccc1-c1nnc(SCC(=O)N(Cc2ccco2)C2=CCCCC2)o1. The highest BCUT2D eigenvalue weighted by Crippen LogP contribution is 2.27. The quantitative estimate of drug-likeness (QED) is 0.498. The van der Waals surface area contributed by atoms with Crippen LogP contribution < -0.4 is 0 Å². The first-order chi connectivity index (χ1) is 14.2. The summed E-state index contributed by atoms with van der Waals surface area (Å²) in [4.78, 5) is 14.8. The number of aromatic nitrogens is 2. The van der Waals surface area contributed by atoms with E-state index in [2.05, 4.69) is 16.3 Å². The minimum Gasteiger partial charge on any atom is -0.467 e. The maximum atomic E-state index is 13.0. The number of allylic oxidation sites excluding steroid dienone is 2. The van der Waals surface area contributed by atoms with E-state index in [9.17, 15) is 4.79 Å². The van der Waals surface area contributed by atoms with Crippen molar-refractivity contribution in [3.8, 4) is 11.5 Å². The molecule has 0 fully saturated rings. The predicted molar refractivity (Wildman–Crippen MR) is 111 cm³/mol. The largest absolute Gasteiger partial charge is 0.467 e. The van der Waals surface area contributed by atoms with Crippen molar-refractivity contribution in [3.63, 3.8) is 0 Å². The number of carbonyl (C=O) groups is 1. The third-order valence-electron chi connectivity index (χ3n) is 4.91. The standard InChI is InChI=1S/C22H23N3O3S/c1-16-8-5-6-12-19(16)21-23-24-22(28-21)29-15-20(26)25(14-18-11-7-13-27-18)17-9-3-2-4-10-17/h5-9,11-13H,2-4,10,14-15H2,1H3. The number of hydrogen-bond donors (Lipinski definition) is 0. The van der Waals surface area contributed by atoms with E-state index in [4.69, 9.17) is 8.83 Å². The van der Waals surface area contributed by atoms with Gasteiger partial charge in [0.15, 0.2) is 0 Å². The van der Waals surface area contributed by atoms with Gasteiger partial charge >= 0.3 is 0 Å². The van der Waals surface area contributed by atoms with Gasteiger partial charge in [-0.15, -0.1) is 10.2 Å². The number of nitrogens with zero attached hydrogens (tertiary/aromatic N) is 3. The van der Waals surface area contributed by atoms with Gasteiger partial charge < -0.3 is 13.7 Å². The first-order valence-electron chi connectivity index (χ1n) is 9.75. The molecule has 1 aliphatic carbocycles. The second kappa shape index (κ2) is 9.13. The van der Waals surface area contributed by atoms with Crippen LogP contribution in [0.2, 0.25) is 0 Å². The van der Waals surface area contributed by atoms with Gasteiger partial charge in [0.25, 0.3) is 5.22 Å². The molecule has 6 nitrogen and oxygen atoms in total. The molecule has 0 aliphatic heterocycles. The van der Waals surface area contributed by atoms with Crippen LogP contribution in [0.4, 0.5) is 0 Å². The Kier molecular flexibility index (Phi) is 6.14. The van der Waals surface area contributed by atoms with Gasteiger partial charge in [0, 0.05) is 11.3 Å². The Morgan fingerprint density at radius 1 is 1.17 bits per heavy atom. The van der Waals surface area contributed by atoms with Gasteiger partial charge in [0.05, 0.1) is 18.6 Å². The third kappa shape index (κ3) is 4.79. The van der Waals surface area contributed by atoms with E-state index >= 15 is 0 Å². The molecule has 1 aliphatic rings. The Morgan fingerprint density at radius 3 is 2.83 bits per heavy atom. The topological polar surface area (TPSA) is 72.4 Å². The van der Waals surface area contributed by atoms with E-state index in [-0.39, 0.29) is 11.7 Å². The van der Waals surface area contributed by atoms with Crippen LogP contribution in [-0.2, 0) is 11.3 Å². The average molecular weight is 410 g/mol. The molecule has 0 radical (unpaired) electrons. The Labute approximate surface area is 174 Å². The van der Waals surface area contributed by atoms with Crippen molar-refractivity contribution in [1.29, 1.82) is 0 Å². The van der Waals surface area contributed by atoms with Crippen molar-refractivity contribution in [2.24, 2.45) is 0 Å². The summed E-state index contributed by atoms with van der Waals surface area (Å²) in [5.41, 5.74) is 3.05. The number of amides is 1. The highest BCUT2D eigenvalue weighted by atomic mass is 32.2. The van der Waals surface area contributed by atoms with E-state index in [0.717, 1.165) is 41.8 Å². The summed E-state index contributed by atoms with van der Waals surface area (Å²) in [7, 11) is 0. The zero-order chi connectivity index (χ0) is 20.1. The highest BCUT2D eigenvalue weighted by Gasteiger charge is 2.22. The molecule has 2 heterocycles. The third-order valence-corrected chi connectivity index (χ3v) is 5.71. The maximum absolute atomic E-state index is 13.0. The highest BCUT2D eigenvalue weighted by molar-refractivity contribution is 7.99. The number of rotatable bonds is 7. The summed E-state index contributed by atoms with van der Waals surface area (Å²) >= 11 is 1.27. The summed E-state index contributed by atoms with van der Waals surface area (Å²) in [6.07, 6.45) is 7.99. The average Bonchev–Trinajstić information content (AvgIpc) is 3.43. The number of carbonyl (C=O) groups excluding carboxylic acids is 1. The van der Waals surface area contributed by atoms with Crippen LogP contribution in [0.3, 0.4) is 0 Å². The molecule has 3 aromatic rings. The molecule has 0 saturated heterocycles. The summed E-state index contributed by atoms with van der Waals surface area (Å²) in [6.45, 7) is 2.44. The second-order valence-electron chi connectivity index (χ2n) is 6.98. The van der Waals surface area contributed by atoms with Gasteiger partial charge in [-0.1, -0.05) is 36.0 Å². The Morgan fingerprint density at radius 2 is 2.07 bits per heavy atom. The summed E-state index contributed by atoms with van der Waals surface area (Å²) < 4.78 is 11.2. The summed E-state index contributed by atoms with van der Waals surface area (Å²) in [5, 5.41) is 8.62. The van der Waals surface area contributed by atoms with Crippen LogP contribution in [-0.4, -0.2) is 26.8 Å². The lowest BCUT2D eigenvalue weighted by Crippen LogP contribution is -2.32. The van der Waals surface area contributed by atoms with Crippen molar-refractivity contribution in [2.45, 2.75) is 44.4 Å². The van der Waals surface area contributed by atoms with Crippen LogP contribution in [0, 0.1) is 6.92 Å². The van der Waals surface area contributed by atoms with Gasteiger partial charge in [-0.2, -0.15) is 0 Å². The summed E-state index contributed by atoms with van der Waals surface area (Å²) in [6, 6.07) is 11.6. The van der Waals surface area contributed by atoms with Crippen molar-refractivity contribution in [2.75, 3.05) is 5.75 Å². The maximum Gasteiger partial charge on any atom is 0.277 e. The van der Waals surface area contributed by atoms with Gasteiger partial charge in [0.1, 0.15) is 5.76 Å². The number of benzene rings is 1. The van der Waals surface area contributed by atoms with Crippen LogP contribution in [0.25, 0.3) is 11.5 Å². The molecule has 29 heavy (non-hydrogen) atoms. The first kappa shape index (κ1) is 19.5. The normalized spacial score (nSPS) is 13.9. The summed E-state index contributed by atoms with van der Waals surface area (Å²) in [5.74, 6) is 1.48. The van der Waals surface area contributed by atoms with Crippen molar-refractivity contribution < 1.29 is 13.6 Å². The number of aryl methyl sites for hydroxylation is 1. The van der Waals surface area contributed by atoms with Crippen molar-refractivity contribution in [1.82, 2.24) is 15.1 Å². The fourth-order valence-corrected chi connectivity index (χ4v) is 4.01. The molecule has 0 atom stereocenters. The fourth-order valence-electron chi connectivity index (χ4n) is 3.37. The first-order valence-corrected chi connectivity index (χ1v) is 10.7. The molecule has 7 heteroatoms. The number of thioether (sulfide) groups is 1. The molecule has 1 aromatic carbocycles. The smallest absolute Gasteiger partial charge is 0.277 e. The number of furan rings is 1. The van der Waals surface area contributed by atoms with Crippen LogP contribution in [0.5, 0.6) is 0 Å². The van der Waals surface area contributed by atoms with Crippen molar-refractivity contribution in [3.05, 3.63) is 65.8 Å². The van der Waals surface area contributed by atoms with Crippen LogP contribution >= 0.6 is 11.8 Å². The zero-order valence-electron chi connectivity index (χ0n) is 16.3. The lowest BCUT2D eigenvalue weighted by atomic mass is 10.0. The predicted octanol–water partition coefficient (Wildman–Crippen LogP) is 5.22. The molecule has 0 bridgehead atoms.